The fourth-order valence-electron chi connectivity index (χ4n) is 2.73. The minimum atomic E-state index is 0.0442. The first kappa shape index (κ1) is 13.5. The maximum absolute atomic E-state index is 4.78. The number of likely N-dealkylation sites (tertiary alicyclic amines) is 1. The van der Waals surface area contributed by atoms with Crippen molar-refractivity contribution in [3.63, 3.8) is 0 Å². The van der Waals surface area contributed by atoms with Crippen LogP contribution in [-0.4, -0.2) is 44.8 Å². The third kappa shape index (κ3) is 2.42. The molecular weight excluding hydrogens is 250 g/mol. The molecule has 0 aromatic carbocycles. The summed E-state index contributed by atoms with van der Waals surface area (Å²) in [4.78, 5) is 2.37. The monoisotopic (exact) mass is 273 g/mol. The van der Waals surface area contributed by atoms with Gasteiger partial charge in [-0.2, -0.15) is 9.61 Å². The molecule has 0 saturated carbocycles. The second-order valence-corrected chi connectivity index (χ2v) is 6.87. The van der Waals surface area contributed by atoms with E-state index < -0.39 is 0 Å². The van der Waals surface area contributed by atoms with E-state index in [-0.39, 0.29) is 5.41 Å². The number of rotatable bonds is 1. The lowest BCUT2D eigenvalue weighted by molar-refractivity contribution is 0.249. The Morgan fingerprint density at radius 3 is 2.45 bits per heavy atom. The maximum atomic E-state index is 4.78. The first-order valence-electron chi connectivity index (χ1n) is 7.36. The van der Waals surface area contributed by atoms with Gasteiger partial charge in [-0.15, -0.1) is 10.2 Å². The zero-order valence-electron chi connectivity index (χ0n) is 12.8. The van der Waals surface area contributed by atoms with Gasteiger partial charge in [-0.3, -0.25) is 0 Å². The third-order valence-corrected chi connectivity index (χ3v) is 4.14. The van der Waals surface area contributed by atoms with E-state index >= 15 is 0 Å². The van der Waals surface area contributed by atoms with Crippen LogP contribution in [0.5, 0.6) is 0 Å². The van der Waals surface area contributed by atoms with Gasteiger partial charge < -0.3 is 4.90 Å². The van der Waals surface area contributed by atoms with Crippen LogP contribution in [0.1, 0.15) is 51.0 Å². The van der Waals surface area contributed by atoms with Crippen molar-refractivity contribution in [1.82, 2.24) is 24.7 Å². The number of aromatic nitrogens is 4. The van der Waals surface area contributed by atoms with Gasteiger partial charge in [0.25, 0.3) is 0 Å². The van der Waals surface area contributed by atoms with Crippen LogP contribution in [0.4, 0.5) is 0 Å². The average molecular weight is 273 g/mol. The predicted molar refractivity (Wildman–Crippen MR) is 79.0 cm³/mol. The number of hydrogen-bond acceptors (Lipinski definition) is 4. The van der Waals surface area contributed by atoms with Gasteiger partial charge in [0.05, 0.1) is 5.69 Å². The molecule has 0 bridgehead atoms. The molecule has 0 spiro atoms. The van der Waals surface area contributed by atoms with Crippen molar-refractivity contribution in [2.24, 2.45) is 0 Å². The van der Waals surface area contributed by atoms with Gasteiger partial charge in [0.1, 0.15) is 0 Å². The van der Waals surface area contributed by atoms with Crippen LogP contribution >= 0.6 is 0 Å². The second kappa shape index (κ2) is 4.81. The van der Waals surface area contributed by atoms with E-state index in [4.69, 9.17) is 5.10 Å². The summed E-state index contributed by atoms with van der Waals surface area (Å²) in [5, 5.41) is 13.5. The highest BCUT2D eigenvalue weighted by molar-refractivity contribution is 5.37. The van der Waals surface area contributed by atoms with Crippen LogP contribution in [0.25, 0.3) is 5.65 Å². The van der Waals surface area contributed by atoms with Gasteiger partial charge in [-0.05, 0) is 45.1 Å². The quantitative estimate of drug-likeness (QED) is 0.799. The van der Waals surface area contributed by atoms with Gasteiger partial charge in [-0.1, -0.05) is 20.8 Å². The molecule has 0 amide bonds. The number of nitrogens with zero attached hydrogens (tertiary/aromatic N) is 5. The van der Waals surface area contributed by atoms with Crippen molar-refractivity contribution >= 4 is 5.65 Å². The number of piperidine rings is 1. The van der Waals surface area contributed by atoms with Crippen LogP contribution < -0.4 is 0 Å². The minimum absolute atomic E-state index is 0.0442. The Labute approximate surface area is 120 Å². The van der Waals surface area contributed by atoms with Crippen LogP contribution in [0.2, 0.25) is 0 Å². The van der Waals surface area contributed by atoms with Crippen LogP contribution in [-0.2, 0) is 5.41 Å². The highest BCUT2D eigenvalue weighted by atomic mass is 15.4. The fraction of sp³-hybridized carbons (Fsp3) is 0.667. The highest BCUT2D eigenvalue weighted by Gasteiger charge is 2.24. The standard InChI is InChI=1S/C15H23N5/c1-15(2,3)12-5-6-13-16-17-14(20(13)18-12)11-7-9-19(4)10-8-11/h5-6,11H,7-10H2,1-4H3. The summed E-state index contributed by atoms with van der Waals surface area (Å²) in [6, 6.07) is 4.08. The van der Waals surface area contributed by atoms with E-state index in [2.05, 4.69) is 49.0 Å². The summed E-state index contributed by atoms with van der Waals surface area (Å²) in [7, 11) is 2.17. The largest absolute Gasteiger partial charge is 0.306 e. The normalized spacial score (nSPS) is 18.8. The molecule has 3 heterocycles. The molecule has 1 aliphatic rings. The van der Waals surface area contributed by atoms with Gasteiger partial charge in [0.2, 0.25) is 0 Å². The third-order valence-electron chi connectivity index (χ3n) is 4.14. The Hall–Kier alpha value is -1.49. The molecule has 1 aliphatic heterocycles. The van der Waals surface area contributed by atoms with Gasteiger partial charge in [0.15, 0.2) is 11.5 Å². The summed E-state index contributed by atoms with van der Waals surface area (Å²) < 4.78 is 1.95. The van der Waals surface area contributed by atoms with Gasteiger partial charge >= 0.3 is 0 Å². The zero-order chi connectivity index (χ0) is 14.3. The molecule has 1 saturated heterocycles. The topological polar surface area (TPSA) is 46.3 Å². The molecule has 2 aromatic rings. The van der Waals surface area contributed by atoms with Crippen LogP contribution in [0.15, 0.2) is 12.1 Å². The number of fused-ring (bicyclic) bond motifs is 1. The molecular formula is C15H23N5. The number of hydrogen-bond donors (Lipinski definition) is 0. The van der Waals surface area contributed by atoms with Crippen LogP contribution in [0, 0.1) is 0 Å². The summed E-state index contributed by atoms with van der Waals surface area (Å²) in [5.74, 6) is 1.50. The molecule has 108 valence electrons. The van der Waals surface area contributed by atoms with E-state index in [0.717, 1.165) is 43.1 Å². The molecule has 20 heavy (non-hydrogen) atoms. The SMILES string of the molecule is CN1CCC(c2nnc3ccc(C(C)(C)C)nn23)CC1. The van der Waals surface area contributed by atoms with Crippen molar-refractivity contribution < 1.29 is 0 Å². The average Bonchev–Trinajstić information content (AvgIpc) is 2.81. The Balaban J connectivity index is 1.99. The summed E-state index contributed by atoms with van der Waals surface area (Å²) in [6.07, 6.45) is 2.28. The van der Waals surface area contributed by atoms with E-state index in [9.17, 15) is 0 Å². The van der Waals surface area contributed by atoms with Crippen molar-refractivity contribution in [3.8, 4) is 0 Å². The van der Waals surface area contributed by atoms with E-state index in [1.165, 1.54) is 0 Å². The smallest absolute Gasteiger partial charge is 0.177 e. The Kier molecular flexibility index (Phi) is 3.24. The van der Waals surface area contributed by atoms with Crippen molar-refractivity contribution in [1.29, 1.82) is 0 Å². The van der Waals surface area contributed by atoms with Crippen LogP contribution in [0.3, 0.4) is 0 Å². The Morgan fingerprint density at radius 1 is 1.10 bits per heavy atom. The molecule has 0 aliphatic carbocycles. The second-order valence-electron chi connectivity index (χ2n) is 6.87. The van der Waals surface area contributed by atoms with E-state index in [0.29, 0.717) is 5.92 Å². The summed E-state index contributed by atoms with van der Waals surface area (Å²) in [6.45, 7) is 8.79. The van der Waals surface area contributed by atoms with Gasteiger partial charge in [0, 0.05) is 11.3 Å². The molecule has 3 rings (SSSR count). The lowest BCUT2D eigenvalue weighted by atomic mass is 9.92. The van der Waals surface area contributed by atoms with Gasteiger partial charge in [-0.25, -0.2) is 0 Å². The maximum Gasteiger partial charge on any atom is 0.177 e. The molecule has 2 aromatic heterocycles. The minimum Gasteiger partial charge on any atom is -0.306 e. The van der Waals surface area contributed by atoms with E-state index in [1.807, 2.05) is 10.6 Å². The van der Waals surface area contributed by atoms with Crippen molar-refractivity contribution in [2.75, 3.05) is 20.1 Å². The molecule has 1 fully saturated rings. The molecule has 0 atom stereocenters. The highest BCUT2D eigenvalue weighted by Crippen LogP contribution is 2.27. The molecule has 5 heteroatoms. The Morgan fingerprint density at radius 2 is 1.80 bits per heavy atom. The van der Waals surface area contributed by atoms with E-state index in [1.54, 1.807) is 0 Å². The molecule has 0 unspecified atom stereocenters. The summed E-state index contributed by atoms with van der Waals surface area (Å²) >= 11 is 0. The molecule has 5 nitrogen and oxygen atoms in total. The van der Waals surface area contributed by atoms with Crippen molar-refractivity contribution in [2.45, 2.75) is 44.9 Å². The first-order chi connectivity index (χ1) is 9.45. The lowest BCUT2D eigenvalue weighted by Gasteiger charge is -2.27. The lowest BCUT2D eigenvalue weighted by Crippen LogP contribution is -2.30. The molecule has 0 N–H and O–H groups in total. The Bertz CT molecular complexity index is 602. The first-order valence-corrected chi connectivity index (χ1v) is 7.36. The zero-order valence-corrected chi connectivity index (χ0v) is 12.8. The fourth-order valence-corrected chi connectivity index (χ4v) is 2.73. The predicted octanol–water partition coefficient (Wildman–Crippen LogP) is 2.23. The van der Waals surface area contributed by atoms with Crippen molar-refractivity contribution in [3.05, 3.63) is 23.7 Å². The summed E-state index contributed by atoms with van der Waals surface area (Å²) in [5.41, 5.74) is 1.98. The molecule has 0 radical (unpaired) electrons.